The van der Waals surface area contributed by atoms with E-state index in [1.54, 1.807) is 0 Å². The van der Waals surface area contributed by atoms with Crippen LogP contribution >= 0.6 is 0 Å². The van der Waals surface area contributed by atoms with Gasteiger partial charge in [0.15, 0.2) is 5.75 Å². The van der Waals surface area contributed by atoms with Gasteiger partial charge in [0.25, 0.3) is 5.69 Å². The first-order valence-electron chi connectivity index (χ1n) is 5.48. The van der Waals surface area contributed by atoms with E-state index in [0.717, 1.165) is 6.07 Å². The molecule has 0 bridgehead atoms. The molecule has 0 spiro atoms. The minimum Gasteiger partial charge on any atom is -0.378 e. The van der Waals surface area contributed by atoms with Gasteiger partial charge in [-0.3, -0.25) is 14.7 Å². The number of hydrogen-bond acceptors (Lipinski definition) is 6. The van der Waals surface area contributed by atoms with Gasteiger partial charge in [-0.25, -0.2) is 0 Å². The molecule has 9 heteroatoms. The van der Waals surface area contributed by atoms with Gasteiger partial charge in [-0.1, -0.05) is 0 Å². The monoisotopic (exact) mass is 288 g/mol. The van der Waals surface area contributed by atoms with E-state index in [0.29, 0.717) is 32.0 Å². The maximum atomic E-state index is 10.8. The van der Waals surface area contributed by atoms with Crippen molar-refractivity contribution in [2.75, 3.05) is 31.2 Å². The van der Waals surface area contributed by atoms with Gasteiger partial charge in [-0.15, -0.1) is 0 Å². The van der Waals surface area contributed by atoms with Crippen molar-refractivity contribution >= 4 is 22.7 Å². The number of nitrogens with zero attached hydrogens (tertiary/aromatic N) is 2. The molecule has 8 nitrogen and oxygen atoms in total. The zero-order valence-corrected chi connectivity index (χ0v) is 10.7. The van der Waals surface area contributed by atoms with Crippen LogP contribution in [0.3, 0.4) is 0 Å². The van der Waals surface area contributed by atoms with E-state index in [1.807, 2.05) is 4.90 Å². The summed E-state index contributed by atoms with van der Waals surface area (Å²) in [7, 11) is 0. The predicted molar refractivity (Wildman–Crippen MR) is 67.5 cm³/mol. The Labute approximate surface area is 111 Å². The molecule has 1 atom stereocenters. The Morgan fingerprint density at radius 3 is 2.68 bits per heavy atom. The van der Waals surface area contributed by atoms with Crippen molar-refractivity contribution in [2.24, 2.45) is 0 Å². The van der Waals surface area contributed by atoms with Crippen molar-refractivity contribution in [1.82, 2.24) is 0 Å². The van der Waals surface area contributed by atoms with Crippen molar-refractivity contribution < 1.29 is 22.6 Å². The van der Waals surface area contributed by atoms with Crippen LogP contribution < -0.4 is 9.08 Å². The van der Waals surface area contributed by atoms with Crippen molar-refractivity contribution in [3.8, 4) is 5.75 Å². The van der Waals surface area contributed by atoms with E-state index < -0.39 is 16.3 Å². The highest BCUT2D eigenvalue weighted by molar-refractivity contribution is 7.74. The van der Waals surface area contributed by atoms with Crippen LogP contribution in [0, 0.1) is 10.1 Å². The highest BCUT2D eigenvalue weighted by Gasteiger charge is 2.20. The number of morpholine rings is 1. The Kier molecular flexibility index (Phi) is 4.30. The smallest absolute Gasteiger partial charge is 0.357 e. The summed E-state index contributed by atoms with van der Waals surface area (Å²) < 4.78 is 29.5. The molecule has 1 aromatic rings. The average molecular weight is 288 g/mol. The van der Waals surface area contributed by atoms with E-state index in [-0.39, 0.29) is 11.4 Å². The van der Waals surface area contributed by atoms with Gasteiger partial charge in [-0.05, 0) is 6.07 Å². The van der Waals surface area contributed by atoms with Crippen LogP contribution in [-0.4, -0.2) is 40.0 Å². The lowest BCUT2D eigenvalue weighted by Gasteiger charge is -2.29. The van der Waals surface area contributed by atoms with E-state index in [9.17, 15) is 14.3 Å². The van der Waals surface area contributed by atoms with E-state index >= 15 is 0 Å². The first-order valence-corrected chi connectivity index (χ1v) is 6.51. The van der Waals surface area contributed by atoms with Gasteiger partial charge in [-0.2, -0.15) is 4.21 Å². The standard InChI is InChI=1S/C10H12N2O6S/c13-12(14)8-1-2-9(10(7-8)18-19(15)16)11-3-5-17-6-4-11/h1-2,7H,3-6H2,(H,15,16). The highest BCUT2D eigenvalue weighted by atomic mass is 32.2. The third kappa shape index (κ3) is 3.40. The summed E-state index contributed by atoms with van der Waals surface area (Å²) in [5.74, 6) is 0.0110. The molecule has 1 fully saturated rings. The third-order valence-corrected chi connectivity index (χ3v) is 2.99. The van der Waals surface area contributed by atoms with Crippen molar-refractivity contribution in [1.29, 1.82) is 0 Å². The molecule has 1 aromatic carbocycles. The summed E-state index contributed by atoms with van der Waals surface area (Å²) in [5.41, 5.74) is 0.341. The number of benzene rings is 1. The lowest BCUT2D eigenvalue weighted by Crippen LogP contribution is -2.36. The SMILES string of the molecule is O=[N+]([O-])c1ccc(N2CCOCC2)c(OS(=O)O)c1. The fourth-order valence-corrected chi connectivity index (χ4v) is 2.11. The lowest BCUT2D eigenvalue weighted by molar-refractivity contribution is -0.384. The Balaban J connectivity index is 2.34. The lowest BCUT2D eigenvalue weighted by atomic mass is 10.2. The number of nitro groups is 1. The van der Waals surface area contributed by atoms with Crippen molar-refractivity contribution in [3.05, 3.63) is 28.3 Å². The molecule has 1 N–H and O–H groups in total. The Morgan fingerprint density at radius 2 is 2.11 bits per heavy atom. The van der Waals surface area contributed by atoms with Crippen LogP contribution in [0.5, 0.6) is 5.75 Å². The number of nitro benzene ring substituents is 1. The second kappa shape index (κ2) is 5.95. The summed E-state index contributed by atoms with van der Waals surface area (Å²) in [5, 5.41) is 10.7. The summed E-state index contributed by atoms with van der Waals surface area (Å²) >= 11 is -2.53. The maximum Gasteiger partial charge on any atom is 0.357 e. The number of anilines is 1. The van der Waals surface area contributed by atoms with E-state index in [1.165, 1.54) is 12.1 Å². The molecule has 1 saturated heterocycles. The summed E-state index contributed by atoms with van der Waals surface area (Å²) in [6.07, 6.45) is 0. The topological polar surface area (TPSA) is 102 Å². The summed E-state index contributed by atoms with van der Waals surface area (Å²) in [6.45, 7) is 2.23. The van der Waals surface area contributed by atoms with E-state index in [4.69, 9.17) is 13.5 Å². The van der Waals surface area contributed by atoms with Gasteiger partial charge in [0, 0.05) is 19.2 Å². The molecular formula is C10H12N2O6S. The molecule has 2 rings (SSSR count). The van der Waals surface area contributed by atoms with Crippen molar-refractivity contribution in [3.63, 3.8) is 0 Å². The molecule has 1 aliphatic heterocycles. The second-order valence-electron chi connectivity index (χ2n) is 3.81. The first kappa shape index (κ1) is 13.7. The normalized spacial score (nSPS) is 17.0. The number of ether oxygens (including phenoxy) is 1. The molecular weight excluding hydrogens is 276 g/mol. The second-order valence-corrected chi connectivity index (χ2v) is 4.41. The largest absolute Gasteiger partial charge is 0.378 e. The molecule has 0 aromatic heterocycles. The van der Waals surface area contributed by atoms with Crippen molar-refractivity contribution in [2.45, 2.75) is 0 Å². The van der Waals surface area contributed by atoms with Crippen LogP contribution in [-0.2, 0) is 16.1 Å². The Morgan fingerprint density at radius 1 is 1.42 bits per heavy atom. The van der Waals surface area contributed by atoms with E-state index in [2.05, 4.69) is 0 Å². The zero-order valence-electron chi connectivity index (χ0n) is 9.85. The van der Waals surface area contributed by atoms with Crippen LogP contribution in [0.15, 0.2) is 18.2 Å². The minimum atomic E-state index is -2.53. The number of hydrogen-bond donors (Lipinski definition) is 1. The third-order valence-electron chi connectivity index (χ3n) is 2.67. The van der Waals surface area contributed by atoms with Crippen LogP contribution in [0.1, 0.15) is 0 Å². The number of non-ortho nitro benzene ring substituents is 1. The fraction of sp³-hybridized carbons (Fsp3) is 0.400. The summed E-state index contributed by atoms with van der Waals surface area (Å²) in [4.78, 5) is 12.0. The Bertz CT molecular complexity index is 503. The molecule has 1 unspecified atom stereocenters. The van der Waals surface area contributed by atoms with Gasteiger partial charge in [0.05, 0.1) is 29.9 Å². The van der Waals surface area contributed by atoms with Gasteiger partial charge >= 0.3 is 11.4 Å². The average Bonchev–Trinajstić information content (AvgIpc) is 2.39. The molecule has 19 heavy (non-hydrogen) atoms. The number of rotatable bonds is 4. The quantitative estimate of drug-likeness (QED) is 0.500. The Hall–Kier alpha value is -1.71. The maximum absolute atomic E-state index is 10.8. The predicted octanol–water partition coefficient (Wildman–Crippen LogP) is 0.947. The van der Waals surface area contributed by atoms with Crippen LogP contribution in [0.4, 0.5) is 11.4 Å². The first-order chi connectivity index (χ1) is 9.08. The molecule has 1 heterocycles. The van der Waals surface area contributed by atoms with Crippen LogP contribution in [0.25, 0.3) is 0 Å². The van der Waals surface area contributed by atoms with Crippen LogP contribution in [0.2, 0.25) is 0 Å². The van der Waals surface area contributed by atoms with Gasteiger partial charge < -0.3 is 13.8 Å². The van der Waals surface area contributed by atoms with Gasteiger partial charge in [0.2, 0.25) is 0 Å². The molecule has 104 valence electrons. The molecule has 0 amide bonds. The molecule has 0 aliphatic carbocycles. The fourth-order valence-electron chi connectivity index (χ4n) is 1.83. The molecule has 0 saturated carbocycles. The van der Waals surface area contributed by atoms with Gasteiger partial charge in [0.1, 0.15) is 0 Å². The molecule has 1 aliphatic rings. The summed E-state index contributed by atoms with van der Waals surface area (Å²) in [6, 6.07) is 3.97. The zero-order chi connectivity index (χ0) is 13.8. The minimum absolute atomic E-state index is 0.0110. The molecule has 0 radical (unpaired) electrons. The highest BCUT2D eigenvalue weighted by Crippen LogP contribution is 2.33.